The Morgan fingerprint density at radius 1 is 1.07 bits per heavy atom. The van der Waals surface area contributed by atoms with Gasteiger partial charge in [-0.25, -0.2) is 4.98 Å². The molecule has 1 aromatic carbocycles. The summed E-state index contributed by atoms with van der Waals surface area (Å²) in [5.41, 5.74) is 3.62. The van der Waals surface area contributed by atoms with E-state index in [9.17, 15) is 4.79 Å². The largest absolute Gasteiger partial charge is 0.356 e. The minimum Gasteiger partial charge on any atom is -0.356 e. The van der Waals surface area contributed by atoms with Gasteiger partial charge in [-0.2, -0.15) is 4.98 Å². The highest BCUT2D eigenvalue weighted by atomic mass is 16.5. The molecule has 0 bridgehead atoms. The summed E-state index contributed by atoms with van der Waals surface area (Å²) in [6.45, 7) is 4.66. The quantitative estimate of drug-likeness (QED) is 0.657. The fourth-order valence-corrected chi connectivity index (χ4v) is 4.59. The number of anilines is 2. The van der Waals surface area contributed by atoms with E-state index in [0.717, 1.165) is 61.5 Å². The average Bonchev–Trinajstić information content (AvgIpc) is 3.25. The molecule has 1 amide bonds. The number of benzene rings is 1. The third-order valence-corrected chi connectivity index (χ3v) is 6.19. The molecule has 0 aliphatic carbocycles. The van der Waals surface area contributed by atoms with Gasteiger partial charge in [0.05, 0.1) is 5.69 Å². The predicted molar refractivity (Wildman–Crippen MR) is 116 cm³/mol. The molecule has 4 heterocycles. The van der Waals surface area contributed by atoms with Crippen LogP contribution in [0.25, 0.3) is 11.1 Å². The van der Waals surface area contributed by atoms with Gasteiger partial charge in [0, 0.05) is 38.2 Å². The van der Waals surface area contributed by atoms with Crippen LogP contribution in [0.4, 0.5) is 11.5 Å². The molecule has 0 N–H and O–H groups in total. The van der Waals surface area contributed by atoms with Gasteiger partial charge in [-0.05, 0) is 37.8 Å². The SMILES string of the molecule is Cc1noc2nc(CCC(=O)N3CCc4ccccc43)nc(N3CCCCCC3)c12. The van der Waals surface area contributed by atoms with Crippen LogP contribution in [-0.4, -0.2) is 40.7 Å². The number of hydrogen-bond donors (Lipinski definition) is 0. The third kappa shape index (κ3) is 3.53. The summed E-state index contributed by atoms with van der Waals surface area (Å²) in [6, 6.07) is 8.14. The number of rotatable bonds is 4. The second kappa shape index (κ2) is 8.05. The van der Waals surface area contributed by atoms with Crippen molar-refractivity contribution in [1.82, 2.24) is 15.1 Å². The molecule has 0 spiro atoms. The maximum Gasteiger partial charge on any atom is 0.263 e. The van der Waals surface area contributed by atoms with Gasteiger partial charge in [0.15, 0.2) is 0 Å². The number of nitrogens with zero attached hydrogens (tertiary/aromatic N) is 5. The van der Waals surface area contributed by atoms with E-state index < -0.39 is 0 Å². The van der Waals surface area contributed by atoms with Crippen molar-refractivity contribution < 1.29 is 9.32 Å². The van der Waals surface area contributed by atoms with Gasteiger partial charge in [-0.15, -0.1) is 0 Å². The fraction of sp³-hybridized carbons (Fsp3) is 0.478. The Labute approximate surface area is 176 Å². The van der Waals surface area contributed by atoms with E-state index in [2.05, 4.69) is 21.1 Å². The van der Waals surface area contributed by atoms with Crippen molar-refractivity contribution in [3.05, 3.63) is 41.3 Å². The van der Waals surface area contributed by atoms with E-state index in [1.807, 2.05) is 30.0 Å². The Kier molecular flexibility index (Phi) is 5.11. The summed E-state index contributed by atoms with van der Waals surface area (Å²) in [7, 11) is 0. The zero-order chi connectivity index (χ0) is 20.5. The lowest BCUT2D eigenvalue weighted by atomic mass is 10.2. The first-order valence-electron chi connectivity index (χ1n) is 11.0. The average molecular weight is 406 g/mol. The zero-order valence-electron chi connectivity index (χ0n) is 17.4. The standard InChI is InChI=1S/C23H27N5O2/c1-16-21-22(27-13-6-2-3-7-14-27)24-19(25-23(21)30-26-16)10-11-20(29)28-15-12-17-8-4-5-9-18(17)28/h4-5,8-9H,2-3,6-7,10-15H2,1H3. The van der Waals surface area contributed by atoms with Crippen LogP contribution >= 0.6 is 0 Å². The molecule has 0 saturated carbocycles. The van der Waals surface area contributed by atoms with Crippen LogP contribution in [0.1, 0.15) is 49.2 Å². The van der Waals surface area contributed by atoms with Crippen molar-refractivity contribution in [3.63, 3.8) is 0 Å². The van der Waals surface area contributed by atoms with Crippen molar-refractivity contribution in [2.75, 3.05) is 29.4 Å². The predicted octanol–water partition coefficient (Wildman–Crippen LogP) is 3.83. The molecule has 7 nitrogen and oxygen atoms in total. The second-order valence-electron chi connectivity index (χ2n) is 8.24. The summed E-state index contributed by atoms with van der Waals surface area (Å²) < 4.78 is 5.48. The number of aromatic nitrogens is 3. The van der Waals surface area contributed by atoms with E-state index in [4.69, 9.17) is 9.51 Å². The number of fused-ring (bicyclic) bond motifs is 2. The molecule has 7 heteroatoms. The Balaban J connectivity index is 1.38. The van der Waals surface area contributed by atoms with E-state index in [1.54, 1.807) is 0 Å². The molecule has 30 heavy (non-hydrogen) atoms. The lowest BCUT2D eigenvalue weighted by Crippen LogP contribution is -2.29. The van der Waals surface area contributed by atoms with E-state index in [-0.39, 0.29) is 5.91 Å². The van der Waals surface area contributed by atoms with Crippen LogP contribution in [0.2, 0.25) is 0 Å². The lowest BCUT2D eigenvalue weighted by Gasteiger charge is -2.22. The first-order chi connectivity index (χ1) is 14.7. The number of carbonyl (C=O) groups excluding carboxylic acids is 1. The minimum absolute atomic E-state index is 0.119. The van der Waals surface area contributed by atoms with E-state index in [1.165, 1.54) is 18.4 Å². The first kappa shape index (κ1) is 19.0. The van der Waals surface area contributed by atoms with Crippen molar-refractivity contribution >= 4 is 28.5 Å². The molecule has 156 valence electrons. The number of hydrogen-bond acceptors (Lipinski definition) is 6. The monoisotopic (exact) mass is 405 g/mol. The number of para-hydroxylation sites is 1. The van der Waals surface area contributed by atoms with Crippen LogP contribution in [-0.2, 0) is 17.6 Å². The minimum atomic E-state index is 0.119. The van der Waals surface area contributed by atoms with Crippen LogP contribution in [0.3, 0.4) is 0 Å². The first-order valence-corrected chi connectivity index (χ1v) is 11.0. The summed E-state index contributed by atoms with van der Waals surface area (Å²) in [5, 5.41) is 5.02. The Hall–Kier alpha value is -2.96. The molecule has 0 radical (unpaired) electrons. The Bertz CT molecular complexity index is 1070. The maximum absolute atomic E-state index is 12.9. The molecular formula is C23H27N5O2. The van der Waals surface area contributed by atoms with Crippen LogP contribution in [0.15, 0.2) is 28.8 Å². The van der Waals surface area contributed by atoms with Gasteiger partial charge in [0.1, 0.15) is 17.0 Å². The molecule has 3 aromatic rings. The Morgan fingerprint density at radius 2 is 1.87 bits per heavy atom. The number of amides is 1. The van der Waals surface area contributed by atoms with Crippen molar-refractivity contribution in [2.24, 2.45) is 0 Å². The van der Waals surface area contributed by atoms with Crippen molar-refractivity contribution in [3.8, 4) is 0 Å². The molecule has 1 fully saturated rings. The molecule has 2 aliphatic rings. The van der Waals surface area contributed by atoms with Crippen LogP contribution < -0.4 is 9.80 Å². The number of aryl methyl sites for hydroxylation is 2. The van der Waals surface area contributed by atoms with Gasteiger partial charge in [0.25, 0.3) is 5.71 Å². The van der Waals surface area contributed by atoms with Crippen molar-refractivity contribution in [1.29, 1.82) is 0 Å². The summed E-state index contributed by atoms with van der Waals surface area (Å²) in [6.07, 6.45) is 6.63. The summed E-state index contributed by atoms with van der Waals surface area (Å²) in [5.74, 6) is 1.68. The van der Waals surface area contributed by atoms with E-state index in [0.29, 0.717) is 24.4 Å². The topological polar surface area (TPSA) is 75.4 Å². The summed E-state index contributed by atoms with van der Waals surface area (Å²) in [4.78, 5) is 26.6. The summed E-state index contributed by atoms with van der Waals surface area (Å²) >= 11 is 0. The van der Waals surface area contributed by atoms with Gasteiger partial charge in [-0.1, -0.05) is 36.2 Å². The Morgan fingerprint density at radius 3 is 2.70 bits per heavy atom. The molecule has 2 aliphatic heterocycles. The maximum atomic E-state index is 12.9. The fourth-order valence-electron chi connectivity index (χ4n) is 4.59. The molecular weight excluding hydrogens is 378 g/mol. The second-order valence-corrected chi connectivity index (χ2v) is 8.24. The molecule has 0 atom stereocenters. The molecule has 1 saturated heterocycles. The van der Waals surface area contributed by atoms with Gasteiger partial charge in [-0.3, -0.25) is 4.79 Å². The zero-order valence-corrected chi connectivity index (χ0v) is 17.4. The third-order valence-electron chi connectivity index (χ3n) is 6.19. The van der Waals surface area contributed by atoms with Gasteiger partial charge >= 0.3 is 0 Å². The highest BCUT2D eigenvalue weighted by molar-refractivity contribution is 5.95. The smallest absolute Gasteiger partial charge is 0.263 e. The van der Waals surface area contributed by atoms with Gasteiger partial charge in [0.2, 0.25) is 5.91 Å². The van der Waals surface area contributed by atoms with Crippen molar-refractivity contribution in [2.45, 2.75) is 51.9 Å². The van der Waals surface area contributed by atoms with E-state index >= 15 is 0 Å². The van der Waals surface area contributed by atoms with Gasteiger partial charge < -0.3 is 14.3 Å². The molecule has 2 aromatic heterocycles. The normalized spacial score (nSPS) is 16.7. The lowest BCUT2D eigenvalue weighted by molar-refractivity contribution is -0.118. The van der Waals surface area contributed by atoms with Crippen LogP contribution in [0.5, 0.6) is 0 Å². The molecule has 0 unspecified atom stereocenters. The number of carbonyl (C=O) groups is 1. The highest BCUT2D eigenvalue weighted by Gasteiger charge is 2.25. The van der Waals surface area contributed by atoms with Crippen LogP contribution in [0, 0.1) is 6.92 Å². The molecule has 5 rings (SSSR count). The highest BCUT2D eigenvalue weighted by Crippen LogP contribution is 2.30.